The number of nitrogens with one attached hydrogen (secondary N) is 1. The van der Waals surface area contributed by atoms with E-state index < -0.39 is 12.0 Å². The van der Waals surface area contributed by atoms with Crippen molar-refractivity contribution in [1.29, 1.82) is 0 Å². The first-order valence-electron chi connectivity index (χ1n) is 5.70. The van der Waals surface area contributed by atoms with Crippen LogP contribution in [0, 0.1) is 0 Å². The smallest absolute Gasteiger partial charge is 0.326 e. The molecule has 0 aromatic carbocycles. The highest BCUT2D eigenvalue weighted by atomic mass is 16.5. The van der Waals surface area contributed by atoms with E-state index in [1.54, 1.807) is 12.3 Å². The topological polar surface area (TPSA) is 74.7 Å². The minimum absolute atomic E-state index is 0.390. The summed E-state index contributed by atoms with van der Waals surface area (Å²) in [5.74, 6) is -0.506. The maximum absolute atomic E-state index is 11.1. The van der Waals surface area contributed by atoms with Gasteiger partial charge in [0, 0.05) is 20.3 Å². The first-order chi connectivity index (χ1) is 8.51. The number of ether oxygens (including phenoxy) is 1. The summed E-state index contributed by atoms with van der Waals surface area (Å²) < 4.78 is 5.17. The molecule has 0 bridgehead atoms. The lowest BCUT2D eigenvalue weighted by Gasteiger charge is -2.22. The number of nitrogens with zero attached hydrogens (tertiary/aromatic N) is 2. The average molecular weight is 253 g/mol. The number of rotatable bonds is 6. The maximum atomic E-state index is 11.1. The van der Waals surface area contributed by atoms with Crippen LogP contribution >= 0.6 is 0 Å². The van der Waals surface area contributed by atoms with E-state index in [9.17, 15) is 4.79 Å². The molecule has 0 amide bonds. The Morgan fingerprint density at radius 1 is 1.61 bits per heavy atom. The van der Waals surface area contributed by atoms with Crippen LogP contribution in [-0.2, 0) is 4.79 Å². The van der Waals surface area contributed by atoms with Gasteiger partial charge in [0.2, 0.25) is 5.88 Å². The minimum Gasteiger partial charge on any atom is -0.480 e. The molecule has 6 nitrogen and oxygen atoms in total. The summed E-state index contributed by atoms with van der Waals surface area (Å²) in [7, 11) is 5.26. The van der Waals surface area contributed by atoms with E-state index in [1.165, 1.54) is 7.11 Å². The number of methoxy groups -OCH3 is 1. The monoisotopic (exact) mass is 253 g/mol. The quantitative estimate of drug-likeness (QED) is 0.799. The van der Waals surface area contributed by atoms with Gasteiger partial charge in [-0.05, 0) is 12.5 Å². The third-order valence-electron chi connectivity index (χ3n) is 2.59. The van der Waals surface area contributed by atoms with Crippen molar-refractivity contribution in [2.75, 3.05) is 31.4 Å². The van der Waals surface area contributed by atoms with Crippen LogP contribution in [0.25, 0.3) is 0 Å². The predicted octanol–water partition coefficient (Wildman–Crippen LogP) is 1.43. The summed E-state index contributed by atoms with van der Waals surface area (Å²) >= 11 is 0. The Hall–Kier alpha value is -1.98. The zero-order valence-electron chi connectivity index (χ0n) is 11.1. The van der Waals surface area contributed by atoms with Crippen LogP contribution in [0.4, 0.5) is 11.4 Å². The largest absolute Gasteiger partial charge is 0.480 e. The van der Waals surface area contributed by atoms with Crippen LogP contribution in [0.3, 0.4) is 0 Å². The van der Waals surface area contributed by atoms with Crippen molar-refractivity contribution >= 4 is 17.3 Å². The molecule has 0 saturated heterocycles. The van der Waals surface area contributed by atoms with E-state index in [1.807, 2.05) is 25.9 Å². The molecule has 100 valence electrons. The van der Waals surface area contributed by atoms with Crippen molar-refractivity contribution in [2.45, 2.75) is 19.4 Å². The number of pyridine rings is 1. The average Bonchev–Trinajstić information content (AvgIpc) is 2.34. The fourth-order valence-electron chi connectivity index (χ4n) is 1.61. The third-order valence-corrected chi connectivity index (χ3v) is 2.59. The standard InChI is InChI=1S/C12H19N3O3/c1-5-8(12(16)17)14-10-9(15(2)3)6-7-13-11(10)18-4/h6-8,14H,5H2,1-4H3,(H,16,17). The Labute approximate surface area is 107 Å². The molecule has 0 aliphatic heterocycles. The van der Waals surface area contributed by atoms with Crippen LogP contribution in [0.1, 0.15) is 13.3 Å². The molecular formula is C12H19N3O3. The van der Waals surface area contributed by atoms with Gasteiger partial charge in [-0.25, -0.2) is 9.78 Å². The molecule has 6 heteroatoms. The highest BCUT2D eigenvalue weighted by Crippen LogP contribution is 2.32. The number of carboxylic acids is 1. The predicted molar refractivity (Wildman–Crippen MR) is 70.5 cm³/mol. The molecule has 1 aromatic rings. The van der Waals surface area contributed by atoms with E-state index in [2.05, 4.69) is 10.3 Å². The molecule has 1 atom stereocenters. The first kappa shape index (κ1) is 14.1. The summed E-state index contributed by atoms with van der Waals surface area (Å²) in [5, 5.41) is 12.1. The van der Waals surface area contributed by atoms with Crippen molar-refractivity contribution < 1.29 is 14.6 Å². The van der Waals surface area contributed by atoms with E-state index in [4.69, 9.17) is 9.84 Å². The van der Waals surface area contributed by atoms with Crippen LogP contribution in [0.2, 0.25) is 0 Å². The van der Waals surface area contributed by atoms with Gasteiger partial charge < -0.3 is 20.1 Å². The van der Waals surface area contributed by atoms with Crippen molar-refractivity contribution in [3.8, 4) is 5.88 Å². The second-order valence-corrected chi connectivity index (χ2v) is 4.05. The molecule has 2 N–H and O–H groups in total. The fourth-order valence-corrected chi connectivity index (χ4v) is 1.61. The molecule has 1 unspecified atom stereocenters. The summed E-state index contributed by atoms with van der Waals surface area (Å²) in [6.07, 6.45) is 2.10. The second kappa shape index (κ2) is 6.09. The number of aromatic nitrogens is 1. The second-order valence-electron chi connectivity index (χ2n) is 4.05. The van der Waals surface area contributed by atoms with Crippen molar-refractivity contribution in [3.05, 3.63) is 12.3 Å². The highest BCUT2D eigenvalue weighted by molar-refractivity contribution is 5.82. The number of carboxylic acid groups (broad SMARTS) is 1. The lowest BCUT2D eigenvalue weighted by Crippen LogP contribution is -2.29. The van der Waals surface area contributed by atoms with Gasteiger partial charge in [0.25, 0.3) is 0 Å². The Morgan fingerprint density at radius 3 is 2.72 bits per heavy atom. The molecular weight excluding hydrogens is 234 g/mol. The van der Waals surface area contributed by atoms with Crippen LogP contribution < -0.4 is 15.0 Å². The summed E-state index contributed by atoms with van der Waals surface area (Å²) in [5.41, 5.74) is 1.43. The molecule has 18 heavy (non-hydrogen) atoms. The van der Waals surface area contributed by atoms with E-state index in [0.717, 1.165) is 5.69 Å². The van der Waals surface area contributed by atoms with Gasteiger partial charge in [-0.2, -0.15) is 0 Å². The number of anilines is 2. The fraction of sp³-hybridized carbons (Fsp3) is 0.500. The zero-order chi connectivity index (χ0) is 13.7. The van der Waals surface area contributed by atoms with Gasteiger partial charge in [-0.15, -0.1) is 0 Å². The molecule has 0 aliphatic rings. The molecule has 1 rings (SSSR count). The van der Waals surface area contributed by atoms with Gasteiger partial charge in [0.05, 0.1) is 12.8 Å². The van der Waals surface area contributed by atoms with Gasteiger partial charge >= 0.3 is 5.97 Å². The SMILES string of the molecule is CCC(Nc1c(N(C)C)ccnc1OC)C(=O)O. The molecule has 0 saturated carbocycles. The van der Waals surface area contributed by atoms with Gasteiger partial charge in [0.15, 0.2) is 0 Å². The Balaban J connectivity index is 3.15. The van der Waals surface area contributed by atoms with Crippen LogP contribution in [-0.4, -0.2) is 43.3 Å². The summed E-state index contributed by atoms with van der Waals surface area (Å²) in [6.45, 7) is 1.81. The molecule has 0 fully saturated rings. The molecule has 1 aromatic heterocycles. The third kappa shape index (κ3) is 3.03. The van der Waals surface area contributed by atoms with Gasteiger partial charge in [0.1, 0.15) is 11.7 Å². The Bertz CT molecular complexity index is 421. The van der Waals surface area contributed by atoms with Crippen LogP contribution in [0.15, 0.2) is 12.3 Å². The molecule has 0 spiro atoms. The minimum atomic E-state index is -0.895. The van der Waals surface area contributed by atoms with E-state index in [0.29, 0.717) is 18.0 Å². The van der Waals surface area contributed by atoms with Gasteiger partial charge in [-0.1, -0.05) is 6.92 Å². The van der Waals surface area contributed by atoms with E-state index >= 15 is 0 Å². The number of aliphatic carboxylic acids is 1. The number of hydrogen-bond donors (Lipinski definition) is 2. The van der Waals surface area contributed by atoms with E-state index in [-0.39, 0.29) is 0 Å². The zero-order valence-corrected chi connectivity index (χ0v) is 11.1. The molecule has 1 heterocycles. The van der Waals surface area contributed by atoms with Crippen molar-refractivity contribution in [2.24, 2.45) is 0 Å². The highest BCUT2D eigenvalue weighted by Gasteiger charge is 2.20. The molecule has 0 radical (unpaired) electrons. The first-order valence-corrected chi connectivity index (χ1v) is 5.70. The maximum Gasteiger partial charge on any atom is 0.326 e. The van der Waals surface area contributed by atoms with Gasteiger partial charge in [-0.3, -0.25) is 0 Å². The lowest BCUT2D eigenvalue weighted by atomic mass is 10.2. The summed E-state index contributed by atoms with van der Waals surface area (Å²) in [4.78, 5) is 17.0. The van der Waals surface area contributed by atoms with Crippen molar-refractivity contribution in [1.82, 2.24) is 4.98 Å². The lowest BCUT2D eigenvalue weighted by molar-refractivity contribution is -0.137. The van der Waals surface area contributed by atoms with Crippen molar-refractivity contribution in [3.63, 3.8) is 0 Å². The Morgan fingerprint density at radius 2 is 2.28 bits per heavy atom. The normalized spacial score (nSPS) is 11.8. The Kier molecular flexibility index (Phi) is 4.76. The number of carbonyl (C=O) groups is 1. The summed E-state index contributed by atoms with van der Waals surface area (Å²) in [6, 6.07) is 1.14. The van der Waals surface area contributed by atoms with Crippen LogP contribution in [0.5, 0.6) is 5.88 Å². The number of hydrogen-bond acceptors (Lipinski definition) is 5. The molecule has 0 aliphatic carbocycles.